The Hall–Kier alpha value is -1.82. The standard InChI is InChI=1S/C19H20/c1-15(14-16-8-3-2-4-9-16)18-13-7-11-17-10-5-6-12-19(17)18/h5-7,10-14H,1-4,8-9H2. The number of fused-ring (bicyclic) bond motifs is 1. The van der Waals surface area contributed by atoms with Crippen molar-refractivity contribution >= 4 is 16.3 Å². The molecule has 1 aliphatic carbocycles. The normalized spacial score (nSPS) is 15.5. The second-order valence-corrected chi connectivity index (χ2v) is 5.42. The summed E-state index contributed by atoms with van der Waals surface area (Å²) in [5, 5.41) is 2.60. The molecule has 0 spiro atoms. The molecule has 0 unspecified atom stereocenters. The molecule has 0 heteroatoms. The van der Waals surface area contributed by atoms with Crippen LogP contribution in [0.1, 0.15) is 37.7 Å². The van der Waals surface area contributed by atoms with Crippen molar-refractivity contribution in [3.63, 3.8) is 0 Å². The quantitative estimate of drug-likeness (QED) is 0.635. The molecule has 0 amide bonds. The fraction of sp³-hybridized carbons (Fsp3) is 0.263. The lowest BCUT2D eigenvalue weighted by Gasteiger charge is -2.15. The van der Waals surface area contributed by atoms with Crippen molar-refractivity contribution in [2.24, 2.45) is 0 Å². The Balaban J connectivity index is 1.97. The molecule has 0 N–H and O–H groups in total. The molecule has 1 fully saturated rings. The van der Waals surface area contributed by atoms with E-state index < -0.39 is 0 Å². The molecule has 2 aromatic rings. The minimum Gasteiger partial charge on any atom is -0.0911 e. The zero-order valence-electron chi connectivity index (χ0n) is 11.4. The lowest BCUT2D eigenvalue weighted by atomic mass is 9.91. The van der Waals surface area contributed by atoms with Crippen LogP contribution >= 0.6 is 0 Å². The molecule has 19 heavy (non-hydrogen) atoms. The van der Waals surface area contributed by atoms with Gasteiger partial charge in [0.05, 0.1) is 0 Å². The van der Waals surface area contributed by atoms with Gasteiger partial charge < -0.3 is 0 Å². The van der Waals surface area contributed by atoms with E-state index >= 15 is 0 Å². The molecule has 0 saturated heterocycles. The lowest BCUT2D eigenvalue weighted by Crippen LogP contribution is -1.94. The maximum Gasteiger partial charge on any atom is -0.0106 e. The average Bonchev–Trinajstić information content (AvgIpc) is 2.47. The summed E-state index contributed by atoms with van der Waals surface area (Å²) in [4.78, 5) is 0. The average molecular weight is 248 g/mol. The van der Waals surface area contributed by atoms with E-state index in [0.717, 1.165) is 5.57 Å². The summed E-state index contributed by atoms with van der Waals surface area (Å²) >= 11 is 0. The van der Waals surface area contributed by atoms with Gasteiger partial charge in [-0.2, -0.15) is 0 Å². The third-order valence-corrected chi connectivity index (χ3v) is 4.01. The summed E-state index contributed by atoms with van der Waals surface area (Å²) in [7, 11) is 0. The smallest absolute Gasteiger partial charge is 0.0106 e. The van der Waals surface area contributed by atoms with Gasteiger partial charge in [0.25, 0.3) is 0 Å². The van der Waals surface area contributed by atoms with E-state index in [1.54, 1.807) is 5.57 Å². The third-order valence-electron chi connectivity index (χ3n) is 4.01. The van der Waals surface area contributed by atoms with E-state index in [0.29, 0.717) is 0 Å². The predicted molar refractivity (Wildman–Crippen MR) is 84.2 cm³/mol. The highest BCUT2D eigenvalue weighted by Crippen LogP contribution is 2.29. The van der Waals surface area contributed by atoms with E-state index in [1.165, 1.54) is 48.4 Å². The molecule has 0 atom stereocenters. The highest BCUT2D eigenvalue weighted by molar-refractivity contribution is 5.95. The van der Waals surface area contributed by atoms with Crippen LogP contribution in [0.4, 0.5) is 0 Å². The Kier molecular flexibility index (Phi) is 3.50. The van der Waals surface area contributed by atoms with E-state index in [9.17, 15) is 0 Å². The van der Waals surface area contributed by atoms with Crippen LogP contribution in [0, 0.1) is 0 Å². The summed E-state index contributed by atoms with van der Waals surface area (Å²) in [6, 6.07) is 15.0. The largest absolute Gasteiger partial charge is 0.0911 e. The van der Waals surface area contributed by atoms with Gasteiger partial charge in [0.2, 0.25) is 0 Å². The summed E-state index contributed by atoms with van der Waals surface area (Å²) in [6.45, 7) is 4.29. The highest BCUT2D eigenvalue weighted by Gasteiger charge is 2.07. The van der Waals surface area contributed by atoms with Crippen LogP contribution in [0.5, 0.6) is 0 Å². The minimum atomic E-state index is 1.16. The fourth-order valence-electron chi connectivity index (χ4n) is 2.98. The first-order valence-electron chi connectivity index (χ1n) is 7.21. The Labute approximate surface area is 115 Å². The van der Waals surface area contributed by atoms with Gasteiger partial charge in [-0.25, -0.2) is 0 Å². The molecule has 1 aliphatic rings. The van der Waals surface area contributed by atoms with E-state index in [2.05, 4.69) is 55.1 Å². The molecule has 0 radical (unpaired) electrons. The number of rotatable bonds is 2. The van der Waals surface area contributed by atoms with E-state index in [4.69, 9.17) is 0 Å². The Morgan fingerprint density at radius 1 is 0.895 bits per heavy atom. The van der Waals surface area contributed by atoms with Crippen molar-refractivity contribution in [2.75, 3.05) is 0 Å². The van der Waals surface area contributed by atoms with Crippen molar-refractivity contribution in [3.05, 3.63) is 66.3 Å². The summed E-state index contributed by atoms with van der Waals surface area (Å²) in [5.74, 6) is 0. The van der Waals surface area contributed by atoms with E-state index in [-0.39, 0.29) is 0 Å². The van der Waals surface area contributed by atoms with Crippen molar-refractivity contribution in [1.82, 2.24) is 0 Å². The van der Waals surface area contributed by atoms with Gasteiger partial charge in [-0.15, -0.1) is 0 Å². The van der Waals surface area contributed by atoms with Crippen LogP contribution in [0.3, 0.4) is 0 Å². The molecule has 1 saturated carbocycles. The van der Waals surface area contributed by atoms with Crippen LogP contribution in [0.15, 0.2) is 60.7 Å². The zero-order valence-corrected chi connectivity index (χ0v) is 11.4. The van der Waals surface area contributed by atoms with Crippen LogP contribution in [-0.2, 0) is 0 Å². The molecule has 96 valence electrons. The maximum atomic E-state index is 4.29. The van der Waals surface area contributed by atoms with Crippen LogP contribution in [0.2, 0.25) is 0 Å². The van der Waals surface area contributed by atoms with Gasteiger partial charge in [0.1, 0.15) is 0 Å². The zero-order chi connectivity index (χ0) is 13.1. The monoisotopic (exact) mass is 248 g/mol. The Morgan fingerprint density at radius 2 is 1.63 bits per heavy atom. The highest BCUT2D eigenvalue weighted by atomic mass is 14.1. The minimum absolute atomic E-state index is 1.16. The van der Waals surface area contributed by atoms with Crippen molar-refractivity contribution in [3.8, 4) is 0 Å². The summed E-state index contributed by atoms with van der Waals surface area (Å²) in [5.41, 5.74) is 4.01. The molecule has 0 bridgehead atoms. The second-order valence-electron chi connectivity index (χ2n) is 5.42. The van der Waals surface area contributed by atoms with Gasteiger partial charge >= 0.3 is 0 Å². The Morgan fingerprint density at radius 3 is 2.47 bits per heavy atom. The first kappa shape index (κ1) is 12.2. The predicted octanol–water partition coefficient (Wildman–Crippen LogP) is 5.74. The van der Waals surface area contributed by atoms with Crippen molar-refractivity contribution in [1.29, 1.82) is 0 Å². The molecule has 2 aromatic carbocycles. The van der Waals surface area contributed by atoms with Gasteiger partial charge in [0, 0.05) is 0 Å². The number of allylic oxidation sites excluding steroid dienone is 3. The first-order chi connectivity index (χ1) is 9.34. The maximum absolute atomic E-state index is 4.29. The Bertz CT molecular complexity index is 618. The first-order valence-corrected chi connectivity index (χ1v) is 7.21. The third kappa shape index (κ3) is 2.63. The number of hydrogen-bond donors (Lipinski definition) is 0. The van der Waals surface area contributed by atoms with Crippen LogP contribution in [0.25, 0.3) is 16.3 Å². The molecular formula is C19H20. The van der Waals surface area contributed by atoms with Gasteiger partial charge in [-0.3, -0.25) is 0 Å². The topological polar surface area (TPSA) is 0 Å². The van der Waals surface area contributed by atoms with Gasteiger partial charge in [0.15, 0.2) is 0 Å². The molecular weight excluding hydrogens is 228 g/mol. The van der Waals surface area contributed by atoms with Gasteiger partial charge in [-0.05, 0) is 47.6 Å². The SMILES string of the molecule is C=C(C=C1CCCCC1)c1cccc2ccccc12. The summed E-state index contributed by atoms with van der Waals surface area (Å²) in [6.07, 6.45) is 8.90. The van der Waals surface area contributed by atoms with Crippen molar-refractivity contribution < 1.29 is 0 Å². The molecule has 0 nitrogen and oxygen atoms in total. The van der Waals surface area contributed by atoms with Gasteiger partial charge in [-0.1, -0.05) is 67.1 Å². The molecule has 0 aliphatic heterocycles. The van der Waals surface area contributed by atoms with E-state index in [1.807, 2.05) is 0 Å². The fourth-order valence-corrected chi connectivity index (χ4v) is 2.98. The second kappa shape index (κ2) is 5.44. The molecule has 0 aromatic heterocycles. The number of benzene rings is 2. The summed E-state index contributed by atoms with van der Waals surface area (Å²) < 4.78 is 0. The van der Waals surface area contributed by atoms with Crippen molar-refractivity contribution in [2.45, 2.75) is 32.1 Å². The van der Waals surface area contributed by atoms with Crippen LogP contribution in [-0.4, -0.2) is 0 Å². The lowest BCUT2D eigenvalue weighted by molar-refractivity contribution is 0.599. The molecule has 0 heterocycles. The molecule has 3 rings (SSSR count). The number of hydrogen-bond acceptors (Lipinski definition) is 0. The van der Waals surface area contributed by atoms with Crippen LogP contribution < -0.4 is 0 Å².